The minimum atomic E-state index is -0.641. The summed E-state index contributed by atoms with van der Waals surface area (Å²) in [7, 11) is 2.15. The van der Waals surface area contributed by atoms with Crippen LogP contribution in [0.4, 0.5) is 23.0 Å². The van der Waals surface area contributed by atoms with Crippen molar-refractivity contribution in [2.75, 3.05) is 54.9 Å². The van der Waals surface area contributed by atoms with Gasteiger partial charge in [-0.2, -0.15) is 0 Å². The molecule has 2 aliphatic heterocycles. The Morgan fingerprint density at radius 3 is 2.48 bits per heavy atom. The largest absolute Gasteiger partial charge is 0.369 e. The van der Waals surface area contributed by atoms with Gasteiger partial charge in [0.1, 0.15) is 5.82 Å². The Morgan fingerprint density at radius 1 is 0.977 bits per heavy atom. The number of benzene rings is 2. The zero-order valence-corrected chi connectivity index (χ0v) is 25.4. The van der Waals surface area contributed by atoms with Crippen LogP contribution in [0.5, 0.6) is 0 Å². The van der Waals surface area contributed by atoms with Gasteiger partial charge >= 0.3 is 0 Å². The summed E-state index contributed by atoms with van der Waals surface area (Å²) in [6.45, 7) is 6.96. The van der Waals surface area contributed by atoms with E-state index in [1.165, 1.54) is 24.1 Å². The van der Waals surface area contributed by atoms with E-state index in [9.17, 15) is 9.59 Å². The molecule has 2 aromatic carbocycles. The Hall–Kier alpha value is -4.44. The Balaban J connectivity index is 1.13. The van der Waals surface area contributed by atoms with Crippen LogP contribution in [0.15, 0.2) is 65.7 Å². The Bertz CT molecular complexity index is 1740. The van der Waals surface area contributed by atoms with Crippen LogP contribution in [0.25, 0.3) is 10.8 Å². The van der Waals surface area contributed by atoms with Crippen molar-refractivity contribution in [1.82, 2.24) is 19.4 Å². The molecular weight excluding hydrogens is 552 g/mol. The van der Waals surface area contributed by atoms with E-state index in [0.717, 1.165) is 62.0 Å². The molecule has 7 rings (SSSR count). The van der Waals surface area contributed by atoms with Crippen LogP contribution < -0.4 is 26.4 Å². The molecule has 10 nitrogen and oxygen atoms in total. The van der Waals surface area contributed by atoms with Gasteiger partial charge in [0.15, 0.2) is 11.5 Å². The second kappa shape index (κ2) is 11.6. The molecular formula is C34H40N8O2. The summed E-state index contributed by atoms with van der Waals surface area (Å²) in [5, 5.41) is 5.06. The monoisotopic (exact) mass is 592 g/mol. The fourth-order valence-corrected chi connectivity index (χ4v) is 6.77. The molecule has 0 spiro atoms. The maximum absolute atomic E-state index is 13.7. The van der Waals surface area contributed by atoms with Crippen LogP contribution in [0.1, 0.15) is 60.6 Å². The molecule has 0 radical (unpaired) electrons. The standard InChI is InChI=1S/C34H40N8O2/c1-22-29(42-15-13-25-20-24(23-5-6-23)7-12-28(25)34(42)44)4-3-14-41(22)30-21-36-31(32(35)43)33(38-30)37-26-8-10-27(11-9-26)40-18-16-39(2)17-19-40/h7-13,15,20-23,29H,3-6,14,16-19H2,1-2H3,(H2,35,43)(H,37,38)/t22-,29?/m1/s1. The zero-order chi connectivity index (χ0) is 30.4. The highest BCUT2D eigenvalue weighted by Crippen LogP contribution is 2.41. The number of piperazine rings is 1. The third-order valence-electron chi connectivity index (χ3n) is 9.59. The van der Waals surface area contributed by atoms with Gasteiger partial charge in [-0.25, -0.2) is 9.97 Å². The number of piperidine rings is 1. The zero-order valence-electron chi connectivity index (χ0n) is 25.4. The number of aromatic nitrogens is 3. The van der Waals surface area contributed by atoms with Crippen LogP contribution in [0, 0.1) is 0 Å². The molecule has 4 heterocycles. The molecule has 1 saturated carbocycles. The third kappa shape index (κ3) is 5.50. The SMILES string of the molecule is C[C@@H]1C(n2ccc3cc(C4CC4)ccc3c2=O)CCCN1c1cnc(C(N)=O)c(Nc2ccc(N3CCN(C)CC3)cc2)n1. The molecule has 2 saturated heterocycles. The van der Waals surface area contributed by atoms with Crippen molar-refractivity contribution in [3.63, 3.8) is 0 Å². The number of hydrogen-bond donors (Lipinski definition) is 2. The van der Waals surface area contributed by atoms with Crippen LogP contribution in [-0.2, 0) is 0 Å². The van der Waals surface area contributed by atoms with Gasteiger partial charge < -0.3 is 30.3 Å². The van der Waals surface area contributed by atoms with Crippen molar-refractivity contribution in [1.29, 1.82) is 0 Å². The topological polar surface area (TPSA) is 113 Å². The number of carbonyl (C=O) groups is 1. The number of nitrogens with one attached hydrogen (secondary N) is 1. The van der Waals surface area contributed by atoms with Gasteiger partial charge in [0.2, 0.25) is 0 Å². The minimum absolute atomic E-state index is 0.0194. The molecule has 1 amide bonds. The summed E-state index contributed by atoms with van der Waals surface area (Å²) in [6, 6.07) is 16.5. The number of nitrogens with two attached hydrogens (primary N) is 1. The van der Waals surface area contributed by atoms with E-state index in [1.54, 1.807) is 6.20 Å². The van der Waals surface area contributed by atoms with E-state index in [-0.39, 0.29) is 23.3 Å². The molecule has 1 unspecified atom stereocenters. The molecule has 2 aromatic heterocycles. The average molecular weight is 593 g/mol. The highest BCUT2D eigenvalue weighted by Gasteiger charge is 2.32. The van der Waals surface area contributed by atoms with E-state index >= 15 is 0 Å². The van der Waals surface area contributed by atoms with Gasteiger partial charge in [-0.1, -0.05) is 12.1 Å². The van der Waals surface area contributed by atoms with Crippen LogP contribution in [0.2, 0.25) is 0 Å². The first kappa shape index (κ1) is 28.3. The lowest BCUT2D eigenvalue weighted by atomic mass is 9.96. The molecule has 10 heteroatoms. The first-order valence-electron chi connectivity index (χ1n) is 15.7. The predicted molar refractivity (Wildman–Crippen MR) is 175 cm³/mol. The normalized spacial score (nSPS) is 21.0. The lowest BCUT2D eigenvalue weighted by Crippen LogP contribution is -2.47. The summed E-state index contributed by atoms with van der Waals surface area (Å²) in [5.41, 5.74) is 9.14. The smallest absolute Gasteiger partial charge is 0.271 e. The maximum Gasteiger partial charge on any atom is 0.271 e. The lowest BCUT2D eigenvalue weighted by molar-refractivity contribution is 0.0996. The van der Waals surface area contributed by atoms with Gasteiger partial charge in [-0.05, 0) is 92.9 Å². The number of nitrogens with zero attached hydrogens (tertiary/aromatic N) is 6. The fraction of sp³-hybridized carbons (Fsp3) is 0.412. The summed E-state index contributed by atoms with van der Waals surface area (Å²) < 4.78 is 1.89. The van der Waals surface area contributed by atoms with Crippen molar-refractivity contribution < 1.29 is 4.79 Å². The number of rotatable bonds is 7. The minimum Gasteiger partial charge on any atom is -0.369 e. The Morgan fingerprint density at radius 2 is 1.75 bits per heavy atom. The Labute approximate surface area is 257 Å². The highest BCUT2D eigenvalue weighted by atomic mass is 16.1. The number of anilines is 4. The van der Waals surface area contributed by atoms with Crippen molar-refractivity contribution in [2.24, 2.45) is 5.73 Å². The van der Waals surface area contributed by atoms with E-state index in [0.29, 0.717) is 17.6 Å². The third-order valence-corrected chi connectivity index (χ3v) is 9.59. The summed E-state index contributed by atoms with van der Waals surface area (Å²) in [6.07, 6.45) is 7.83. The van der Waals surface area contributed by atoms with E-state index < -0.39 is 5.91 Å². The molecule has 3 N–H and O–H groups in total. The molecule has 2 atom stereocenters. The summed E-state index contributed by atoms with van der Waals surface area (Å²) in [4.78, 5) is 42.2. The lowest BCUT2D eigenvalue weighted by Gasteiger charge is -2.41. The number of hydrogen-bond acceptors (Lipinski definition) is 8. The maximum atomic E-state index is 13.7. The summed E-state index contributed by atoms with van der Waals surface area (Å²) >= 11 is 0. The number of likely N-dealkylation sites (N-methyl/N-ethyl adjacent to an activating group) is 1. The second-order valence-electron chi connectivity index (χ2n) is 12.5. The van der Waals surface area contributed by atoms with Crippen molar-refractivity contribution >= 4 is 39.7 Å². The first-order valence-corrected chi connectivity index (χ1v) is 15.7. The number of carbonyl (C=O) groups excluding carboxylic acids is 1. The van der Waals surface area contributed by atoms with E-state index in [1.807, 2.05) is 29.0 Å². The second-order valence-corrected chi connectivity index (χ2v) is 12.5. The predicted octanol–water partition coefficient (Wildman–Crippen LogP) is 4.49. The van der Waals surface area contributed by atoms with Crippen LogP contribution >= 0.6 is 0 Å². The highest BCUT2D eigenvalue weighted by molar-refractivity contribution is 5.96. The molecule has 0 bridgehead atoms. The molecule has 228 valence electrons. The van der Waals surface area contributed by atoms with Crippen LogP contribution in [-0.4, -0.2) is 71.2 Å². The fourth-order valence-electron chi connectivity index (χ4n) is 6.77. The van der Waals surface area contributed by atoms with Crippen molar-refractivity contribution in [3.05, 3.63) is 82.5 Å². The van der Waals surface area contributed by atoms with Crippen LogP contribution in [0.3, 0.4) is 0 Å². The summed E-state index contributed by atoms with van der Waals surface area (Å²) in [5.74, 6) is 0.979. The molecule has 4 aromatic rings. The quantitative estimate of drug-likeness (QED) is 0.323. The first-order chi connectivity index (χ1) is 21.4. The molecule has 3 fully saturated rings. The van der Waals surface area contributed by atoms with E-state index in [2.05, 4.69) is 69.3 Å². The molecule has 44 heavy (non-hydrogen) atoms. The number of amides is 1. The van der Waals surface area contributed by atoms with Gasteiger partial charge in [0.05, 0.1) is 12.2 Å². The van der Waals surface area contributed by atoms with Gasteiger partial charge in [0, 0.05) is 61.7 Å². The van der Waals surface area contributed by atoms with Gasteiger partial charge in [-0.3, -0.25) is 9.59 Å². The van der Waals surface area contributed by atoms with Gasteiger partial charge in [-0.15, -0.1) is 0 Å². The van der Waals surface area contributed by atoms with Crippen molar-refractivity contribution in [2.45, 2.75) is 50.6 Å². The average Bonchev–Trinajstić information content (AvgIpc) is 3.88. The van der Waals surface area contributed by atoms with Crippen molar-refractivity contribution in [3.8, 4) is 0 Å². The van der Waals surface area contributed by atoms with Gasteiger partial charge in [0.25, 0.3) is 11.5 Å². The molecule has 1 aliphatic carbocycles. The number of pyridine rings is 1. The number of primary amides is 1. The Kier molecular flexibility index (Phi) is 7.45. The number of fused-ring (bicyclic) bond motifs is 1. The molecule has 3 aliphatic rings. The van der Waals surface area contributed by atoms with E-state index in [4.69, 9.17) is 10.7 Å².